The van der Waals surface area contributed by atoms with Crippen molar-refractivity contribution in [3.8, 4) is 11.1 Å². The second-order valence-electron chi connectivity index (χ2n) is 21.0. The lowest BCUT2D eigenvalue weighted by atomic mass is 9.45. The Bertz CT molecular complexity index is 2950. The molecule has 4 heterocycles. The van der Waals surface area contributed by atoms with Crippen molar-refractivity contribution in [1.29, 1.82) is 0 Å². The van der Waals surface area contributed by atoms with Crippen LogP contribution in [-0.4, -0.2) is 11.3 Å². The van der Waals surface area contributed by atoms with Gasteiger partial charge in [0.05, 0.1) is 0 Å². The second kappa shape index (κ2) is 11.9. The van der Waals surface area contributed by atoms with Gasteiger partial charge >= 0.3 is 6.85 Å². The van der Waals surface area contributed by atoms with Crippen LogP contribution >= 0.6 is 23.5 Å². The molecule has 0 spiro atoms. The van der Waals surface area contributed by atoms with E-state index in [1.807, 2.05) is 23.5 Å². The van der Waals surface area contributed by atoms with Gasteiger partial charge in [-0.1, -0.05) is 141 Å². The SMILES string of the molecule is Cc1cc2c(cc1N1c3cc4c(cc3B3c5c(cc(C(C)(C)C)cc51)-c1cccc5c6cc(C(C)(C)C)ccc6n3c15)Sc1ccccc1S4)C(C)(C)CCC2(C)C. The number of hydrogen-bond acceptors (Lipinski definition) is 3. The predicted octanol–water partition coefficient (Wildman–Crippen LogP) is 14.1. The Morgan fingerprint density at radius 1 is 0.569 bits per heavy atom. The molecule has 0 unspecified atom stereocenters. The lowest BCUT2D eigenvalue weighted by Gasteiger charge is -2.45. The van der Waals surface area contributed by atoms with Crippen LogP contribution in [0.3, 0.4) is 0 Å². The minimum atomic E-state index is -0.0460. The third kappa shape index (κ3) is 5.14. The van der Waals surface area contributed by atoms with Gasteiger partial charge in [-0.15, -0.1) is 0 Å². The van der Waals surface area contributed by atoms with E-state index in [4.69, 9.17) is 0 Å². The second-order valence-corrected chi connectivity index (χ2v) is 23.1. The molecule has 0 N–H and O–H groups in total. The molecule has 0 amide bonds. The molecule has 0 atom stereocenters. The van der Waals surface area contributed by atoms with E-state index in [2.05, 4.69) is 183 Å². The zero-order valence-electron chi connectivity index (χ0n) is 35.9. The highest BCUT2D eigenvalue weighted by molar-refractivity contribution is 8.05. The lowest BCUT2D eigenvalue weighted by Crippen LogP contribution is -2.57. The van der Waals surface area contributed by atoms with E-state index in [1.165, 1.54) is 121 Å². The normalized spacial score (nSPS) is 17.2. The first-order chi connectivity index (χ1) is 27.4. The Balaban J connectivity index is 1.28. The quantitative estimate of drug-likeness (QED) is 0.153. The molecule has 1 aromatic heterocycles. The van der Waals surface area contributed by atoms with Crippen LogP contribution in [0, 0.1) is 6.92 Å². The molecule has 0 saturated carbocycles. The molecule has 0 fully saturated rings. The molecule has 0 saturated heterocycles. The van der Waals surface area contributed by atoms with E-state index in [9.17, 15) is 0 Å². The highest BCUT2D eigenvalue weighted by Crippen LogP contribution is 2.54. The van der Waals surface area contributed by atoms with E-state index in [-0.39, 0.29) is 28.5 Å². The van der Waals surface area contributed by atoms with Crippen LogP contribution in [0.2, 0.25) is 0 Å². The first-order valence-electron chi connectivity index (χ1n) is 21.3. The van der Waals surface area contributed by atoms with Crippen molar-refractivity contribution in [2.45, 2.75) is 130 Å². The number of benzene rings is 6. The number of anilines is 3. The number of fused-ring (bicyclic) bond motifs is 10. The monoisotopic (exact) mass is 792 g/mol. The van der Waals surface area contributed by atoms with Gasteiger partial charge < -0.3 is 9.38 Å². The average Bonchev–Trinajstić information content (AvgIpc) is 3.50. The molecule has 5 heteroatoms. The standard InChI is InChI=1S/C53H53BN2S2/c1-30-23-37-38(53(10,11)22-21-52(37,8)9)27-41(30)55-42-29-47-46(57-44-17-12-13-18-45(44)58-47)28-39(42)54-48-36(25-32(26-43(48)55)51(5,6)7)34-16-14-15-33-35-24-31(50(2,3)4)19-20-40(35)56(54)49(33)34/h12-20,23-29H,21-22H2,1-11H3. The summed E-state index contributed by atoms with van der Waals surface area (Å²) in [6.07, 6.45) is 2.40. The molecule has 1 aliphatic carbocycles. The largest absolute Gasteiger partial charge is 0.375 e. The summed E-state index contributed by atoms with van der Waals surface area (Å²) in [6, 6.07) is 38.7. The topological polar surface area (TPSA) is 8.17 Å². The average molecular weight is 793 g/mol. The minimum absolute atomic E-state index is 0.0158. The molecule has 6 aromatic carbocycles. The van der Waals surface area contributed by atoms with Crippen LogP contribution in [0.1, 0.15) is 110 Å². The van der Waals surface area contributed by atoms with Gasteiger partial charge in [0.1, 0.15) is 0 Å². The fraction of sp³-hybridized carbons (Fsp3) is 0.321. The lowest BCUT2D eigenvalue weighted by molar-refractivity contribution is 0.332. The van der Waals surface area contributed by atoms with Crippen molar-refractivity contribution in [3.63, 3.8) is 0 Å². The first-order valence-corrected chi connectivity index (χ1v) is 22.9. The molecule has 58 heavy (non-hydrogen) atoms. The maximum atomic E-state index is 2.73. The molecule has 11 rings (SSSR count). The predicted molar refractivity (Wildman–Crippen MR) is 252 cm³/mol. The highest BCUT2D eigenvalue weighted by Gasteiger charge is 2.45. The summed E-state index contributed by atoms with van der Waals surface area (Å²) in [7, 11) is 0. The van der Waals surface area contributed by atoms with Crippen LogP contribution in [0.25, 0.3) is 32.9 Å². The van der Waals surface area contributed by atoms with Gasteiger partial charge in [0.25, 0.3) is 0 Å². The number of aryl methyl sites for hydroxylation is 1. The van der Waals surface area contributed by atoms with E-state index in [0.29, 0.717) is 0 Å². The summed E-state index contributed by atoms with van der Waals surface area (Å²) in [5.41, 5.74) is 19.5. The van der Waals surface area contributed by atoms with Crippen LogP contribution in [0.15, 0.2) is 117 Å². The molecule has 290 valence electrons. The third-order valence-corrected chi connectivity index (χ3v) is 16.6. The van der Waals surface area contributed by atoms with Crippen LogP contribution in [0.4, 0.5) is 17.1 Å². The number of rotatable bonds is 1. The van der Waals surface area contributed by atoms with Crippen molar-refractivity contribution in [2.75, 3.05) is 4.90 Å². The maximum absolute atomic E-state index is 2.73. The highest BCUT2D eigenvalue weighted by atomic mass is 32.2. The summed E-state index contributed by atoms with van der Waals surface area (Å²) >= 11 is 3.87. The van der Waals surface area contributed by atoms with Crippen LogP contribution in [-0.2, 0) is 21.7 Å². The van der Waals surface area contributed by atoms with E-state index >= 15 is 0 Å². The van der Waals surface area contributed by atoms with Crippen molar-refractivity contribution < 1.29 is 0 Å². The molecule has 2 nitrogen and oxygen atoms in total. The Kier molecular flexibility index (Phi) is 7.55. The maximum Gasteiger partial charge on any atom is 0.333 e. The van der Waals surface area contributed by atoms with Crippen LogP contribution in [0.5, 0.6) is 0 Å². The van der Waals surface area contributed by atoms with Crippen molar-refractivity contribution in [1.82, 2.24) is 4.48 Å². The van der Waals surface area contributed by atoms with Gasteiger partial charge in [0.2, 0.25) is 0 Å². The molecule has 7 aromatic rings. The molecule has 3 aliphatic heterocycles. The van der Waals surface area contributed by atoms with Gasteiger partial charge in [0.15, 0.2) is 0 Å². The van der Waals surface area contributed by atoms with Gasteiger partial charge in [-0.2, -0.15) is 0 Å². The zero-order chi connectivity index (χ0) is 40.4. The summed E-state index contributed by atoms with van der Waals surface area (Å²) in [5.74, 6) is 0. The van der Waals surface area contributed by atoms with Gasteiger partial charge in [-0.05, 0) is 134 Å². The number of para-hydroxylation sites is 1. The van der Waals surface area contributed by atoms with E-state index in [0.717, 1.165) is 0 Å². The summed E-state index contributed by atoms with van der Waals surface area (Å²) in [6.45, 7) is 26.4. The Morgan fingerprint density at radius 2 is 1.22 bits per heavy atom. The summed E-state index contributed by atoms with van der Waals surface area (Å²) in [4.78, 5) is 8.08. The first kappa shape index (κ1) is 36.7. The molecule has 4 aliphatic rings. The molecular formula is C53H53BN2S2. The van der Waals surface area contributed by atoms with Crippen molar-refractivity contribution in [2.24, 2.45) is 0 Å². The fourth-order valence-corrected chi connectivity index (χ4v) is 12.9. The number of aromatic nitrogens is 1. The fourth-order valence-electron chi connectivity index (χ4n) is 10.6. The van der Waals surface area contributed by atoms with Crippen LogP contribution < -0.4 is 15.8 Å². The molecular weight excluding hydrogens is 740 g/mol. The summed E-state index contributed by atoms with van der Waals surface area (Å²) < 4.78 is 2.73. The van der Waals surface area contributed by atoms with Crippen molar-refractivity contribution in [3.05, 3.63) is 125 Å². The molecule has 0 radical (unpaired) electrons. The summed E-state index contributed by atoms with van der Waals surface area (Å²) in [5, 5.41) is 2.70. The van der Waals surface area contributed by atoms with Gasteiger partial charge in [0, 0.05) is 64.0 Å². The third-order valence-electron chi connectivity index (χ3n) is 14.1. The number of hydrogen-bond donors (Lipinski definition) is 0. The Hall–Kier alpha value is -4.32. The van der Waals surface area contributed by atoms with Gasteiger partial charge in [-0.3, -0.25) is 0 Å². The van der Waals surface area contributed by atoms with E-state index in [1.54, 1.807) is 0 Å². The van der Waals surface area contributed by atoms with Crippen molar-refractivity contribution >= 4 is 80.2 Å². The zero-order valence-corrected chi connectivity index (χ0v) is 37.6. The Labute approximate surface area is 353 Å². The van der Waals surface area contributed by atoms with Gasteiger partial charge in [-0.25, -0.2) is 0 Å². The smallest absolute Gasteiger partial charge is 0.333 e. The Morgan fingerprint density at radius 3 is 1.90 bits per heavy atom. The van der Waals surface area contributed by atoms with E-state index < -0.39 is 0 Å². The molecule has 0 bridgehead atoms. The number of nitrogens with zero attached hydrogens (tertiary/aromatic N) is 2. The minimum Gasteiger partial charge on any atom is -0.375 e.